The summed E-state index contributed by atoms with van der Waals surface area (Å²) in [5, 5.41) is 0. The molecule has 0 spiro atoms. The molecule has 1 amide bonds. The van der Waals surface area contributed by atoms with E-state index in [2.05, 4.69) is 16.7 Å². The molecule has 0 aromatic heterocycles. The molecule has 0 radical (unpaired) electrons. The maximum absolute atomic E-state index is 12.6. The van der Waals surface area contributed by atoms with Crippen LogP contribution in [0.5, 0.6) is 0 Å². The van der Waals surface area contributed by atoms with Crippen LogP contribution in [-0.4, -0.2) is 47.9 Å². The van der Waals surface area contributed by atoms with Crippen LogP contribution in [0.25, 0.3) is 0 Å². The van der Waals surface area contributed by atoms with Crippen LogP contribution < -0.4 is 0 Å². The van der Waals surface area contributed by atoms with Gasteiger partial charge in [-0.1, -0.05) is 32.1 Å². The predicted molar refractivity (Wildman–Crippen MR) is 79.1 cm³/mol. The molecule has 2 aliphatic rings. The van der Waals surface area contributed by atoms with E-state index in [4.69, 9.17) is 0 Å². The standard InChI is InChI=1S/C16H30N2O/c1-14(18-12-8-3-4-9-13-18)16(19)17(2)15-10-6-5-7-11-15/h14-15H,3-13H2,1-2H3. The Labute approximate surface area is 118 Å². The number of rotatable bonds is 3. The third-order valence-corrected chi connectivity index (χ3v) is 5.02. The Morgan fingerprint density at radius 1 is 1.00 bits per heavy atom. The predicted octanol–water partition coefficient (Wildman–Crippen LogP) is 3.04. The maximum atomic E-state index is 12.6. The molecule has 1 heterocycles. The molecule has 3 heteroatoms. The van der Waals surface area contributed by atoms with Crippen molar-refractivity contribution in [2.75, 3.05) is 20.1 Å². The fourth-order valence-corrected chi connectivity index (χ4v) is 3.58. The van der Waals surface area contributed by atoms with E-state index in [1.807, 2.05) is 7.05 Å². The Hall–Kier alpha value is -0.570. The van der Waals surface area contributed by atoms with Crippen LogP contribution in [0, 0.1) is 0 Å². The average molecular weight is 266 g/mol. The highest BCUT2D eigenvalue weighted by Gasteiger charge is 2.29. The molecule has 19 heavy (non-hydrogen) atoms. The van der Waals surface area contributed by atoms with Crippen LogP contribution in [0.3, 0.4) is 0 Å². The second-order valence-corrected chi connectivity index (χ2v) is 6.37. The monoisotopic (exact) mass is 266 g/mol. The molecular formula is C16H30N2O. The molecule has 2 rings (SSSR count). The van der Waals surface area contributed by atoms with Gasteiger partial charge in [-0.25, -0.2) is 0 Å². The summed E-state index contributed by atoms with van der Waals surface area (Å²) >= 11 is 0. The fraction of sp³-hybridized carbons (Fsp3) is 0.938. The van der Waals surface area contributed by atoms with Gasteiger partial charge in [0.05, 0.1) is 6.04 Å². The zero-order valence-corrected chi connectivity index (χ0v) is 12.7. The molecule has 0 aromatic rings. The largest absolute Gasteiger partial charge is 0.341 e. The summed E-state index contributed by atoms with van der Waals surface area (Å²) in [5.41, 5.74) is 0. The van der Waals surface area contributed by atoms with E-state index in [1.54, 1.807) is 0 Å². The number of likely N-dealkylation sites (tertiary alicyclic amines) is 1. The second kappa shape index (κ2) is 7.28. The lowest BCUT2D eigenvalue weighted by Crippen LogP contribution is -2.49. The molecule has 2 fully saturated rings. The first-order chi connectivity index (χ1) is 9.20. The smallest absolute Gasteiger partial charge is 0.239 e. The minimum absolute atomic E-state index is 0.0741. The highest BCUT2D eigenvalue weighted by atomic mass is 16.2. The first-order valence-electron chi connectivity index (χ1n) is 8.21. The molecule has 1 aliphatic carbocycles. The minimum Gasteiger partial charge on any atom is -0.341 e. The molecule has 0 N–H and O–H groups in total. The number of amides is 1. The summed E-state index contributed by atoms with van der Waals surface area (Å²) in [7, 11) is 2.02. The Morgan fingerprint density at radius 3 is 2.11 bits per heavy atom. The van der Waals surface area contributed by atoms with Crippen LogP contribution in [0.2, 0.25) is 0 Å². The Bertz CT molecular complexity index is 278. The summed E-state index contributed by atoms with van der Waals surface area (Å²) in [6, 6.07) is 0.570. The number of carbonyl (C=O) groups excluding carboxylic acids is 1. The fourth-order valence-electron chi connectivity index (χ4n) is 3.58. The lowest BCUT2D eigenvalue weighted by atomic mass is 9.94. The van der Waals surface area contributed by atoms with Crippen molar-refractivity contribution in [3.8, 4) is 0 Å². The molecule has 3 nitrogen and oxygen atoms in total. The van der Waals surface area contributed by atoms with Crippen molar-refractivity contribution in [3.63, 3.8) is 0 Å². The van der Waals surface area contributed by atoms with Gasteiger partial charge < -0.3 is 4.90 Å². The van der Waals surface area contributed by atoms with Gasteiger partial charge >= 0.3 is 0 Å². The van der Waals surface area contributed by atoms with Crippen LogP contribution in [0.1, 0.15) is 64.7 Å². The second-order valence-electron chi connectivity index (χ2n) is 6.37. The van der Waals surface area contributed by atoms with Crippen molar-refractivity contribution < 1.29 is 4.79 Å². The van der Waals surface area contributed by atoms with Gasteiger partial charge in [-0.3, -0.25) is 9.69 Å². The normalized spacial score (nSPS) is 24.7. The van der Waals surface area contributed by atoms with E-state index < -0.39 is 0 Å². The quantitative estimate of drug-likeness (QED) is 0.784. The van der Waals surface area contributed by atoms with Crippen molar-refractivity contribution in [1.29, 1.82) is 0 Å². The van der Waals surface area contributed by atoms with Crippen molar-refractivity contribution in [2.45, 2.75) is 76.8 Å². The number of carbonyl (C=O) groups is 1. The molecule has 1 saturated heterocycles. The first kappa shape index (κ1) is 14.8. The Morgan fingerprint density at radius 2 is 1.53 bits per heavy atom. The van der Waals surface area contributed by atoms with Crippen molar-refractivity contribution >= 4 is 5.91 Å². The van der Waals surface area contributed by atoms with Gasteiger partial charge in [0.15, 0.2) is 0 Å². The van der Waals surface area contributed by atoms with Crippen LogP contribution >= 0.6 is 0 Å². The van der Waals surface area contributed by atoms with Gasteiger partial charge in [0, 0.05) is 13.1 Å². The lowest BCUT2D eigenvalue weighted by molar-refractivity contribution is -0.137. The summed E-state index contributed by atoms with van der Waals surface area (Å²) < 4.78 is 0. The van der Waals surface area contributed by atoms with Gasteiger partial charge in [-0.2, -0.15) is 0 Å². The topological polar surface area (TPSA) is 23.6 Å². The van der Waals surface area contributed by atoms with E-state index in [9.17, 15) is 4.79 Å². The third kappa shape index (κ3) is 3.95. The molecule has 1 atom stereocenters. The van der Waals surface area contributed by atoms with Crippen LogP contribution in [0.4, 0.5) is 0 Å². The molecule has 1 unspecified atom stereocenters. The SMILES string of the molecule is CC(C(=O)N(C)C1CCCCC1)N1CCCCCC1. The minimum atomic E-state index is 0.0741. The summed E-state index contributed by atoms with van der Waals surface area (Å²) in [5.74, 6) is 0.341. The number of nitrogens with zero attached hydrogens (tertiary/aromatic N) is 2. The van der Waals surface area contributed by atoms with Gasteiger partial charge in [-0.05, 0) is 45.7 Å². The van der Waals surface area contributed by atoms with E-state index in [1.165, 1.54) is 57.8 Å². The first-order valence-corrected chi connectivity index (χ1v) is 8.21. The van der Waals surface area contributed by atoms with Crippen molar-refractivity contribution in [3.05, 3.63) is 0 Å². The van der Waals surface area contributed by atoms with Crippen molar-refractivity contribution in [2.24, 2.45) is 0 Å². The van der Waals surface area contributed by atoms with Gasteiger partial charge in [-0.15, -0.1) is 0 Å². The molecular weight excluding hydrogens is 236 g/mol. The van der Waals surface area contributed by atoms with Crippen LogP contribution in [-0.2, 0) is 4.79 Å². The summed E-state index contributed by atoms with van der Waals surface area (Å²) in [6.07, 6.45) is 11.5. The molecule has 1 aliphatic heterocycles. The zero-order valence-electron chi connectivity index (χ0n) is 12.7. The van der Waals surface area contributed by atoms with Crippen molar-refractivity contribution in [1.82, 2.24) is 9.80 Å². The third-order valence-electron chi connectivity index (χ3n) is 5.02. The van der Waals surface area contributed by atoms with E-state index >= 15 is 0 Å². The van der Waals surface area contributed by atoms with Crippen LogP contribution in [0.15, 0.2) is 0 Å². The Kier molecular flexibility index (Phi) is 5.68. The molecule has 0 aromatic carbocycles. The number of hydrogen-bond acceptors (Lipinski definition) is 2. The number of likely N-dealkylation sites (N-methyl/N-ethyl adjacent to an activating group) is 1. The van der Waals surface area contributed by atoms with E-state index in [0.29, 0.717) is 11.9 Å². The van der Waals surface area contributed by atoms with E-state index in [-0.39, 0.29) is 6.04 Å². The Balaban J connectivity index is 1.89. The van der Waals surface area contributed by atoms with E-state index in [0.717, 1.165) is 13.1 Å². The molecule has 1 saturated carbocycles. The van der Waals surface area contributed by atoms with Gasteiger partial charge in [0.25, 0.3) is 0 Å². The average Bonchev–Trinajstić information content (AvgIpc) is 2.75. The highest BCUT2D eigenvalue weighted by Crippen LogP contribution is 2.23. The molecule has 0 bridgehead atoms. The lowest BCUT2D eigenvalue weighted by Gasteiger charge is -2.36. The summed E-state index contributed by atoms with van der Waals surface area (Å²) in [4.78, 5) is 17.1. The zero-order chi connectivity index (χ0) is 13.7. The molecule has 110 valence electrons. The summed E-state index contributed by atoms with van der Waals surface area (Å²) in [6.45, 7) is 4.31. The maximum Gasteiger partial charge on any atom is 0.239 e. The van der Waals surface area contributed by atoms with Gasteiger partial charge in [0.1, 0.15) is 0 Å². The van der Waals surface area contributed by atoms with Gasteiger partial charge in [0.2, 0.25) is 5.91 Å². The highest BCUT2D eigenvalue weighted by molar-refractivity contribution is 5.81. The number of hydrogen-bond donors (Lipinski definition) is 0.